The number of sulfonamides is 1. The standard InChI is InChI=1S/C27H30N4O6S/c1-4-30(5-2)21-11-10-20-17-23(27(34)37-24(20)18-21)26(33)29-15-6-7-25(32)31(16-14-28)38(35,36)22-12-8-19(3)9-13-22/h8-13,17-18H,4-7,15-16H2,1-3H3,(H,29,33). The Balaban J connectivity index is 1.64. The summed E-state index contributed by atoms with van der Waals surface area (Å²) in [4.78, 5) is 39.8. The summed E-state index contributed by atoms with van der Waals surface area (Å²) < 4.78 is 31.7. The van der Waals surface area contributed by atoms with Gasteiger partial charge < -0.3 is 14.6 Å². The van der Waals surface area contributed by atoms with Crippen molar-refractivity contribution in [1.82, 2.24) is 9.62 Å². The van der Waals surface area contributed by atoms with Crippen LogP contribution in [-0.4, -0.2) is 50.7 Å². The summed E-state index contributed by atoms with van der Waals surface area (Å²) >= 11 is 0. The number of carbonyl (C=O) groups excluding carboxylic acids is 2. The molecular weight excluding hydrogens is 508 g/mol. The van der Waals surface area contributed by atoms with E-state index in [1.165, 1.54) is 18.2 Å². The molecule has 0 aliphatic heterocycles. The Kier molecular flexibility index (Phi) is 9.25. The summed E-state index contributed by atoms with van der Waals surface area (Å²) in [5.41, 5.74) is 1.17. The van der Waals surface area contributed by atoms with Crippen molar-refractivity contribution in [3.63, 3.8) is 0 Å². The quantitative estimate of drug-likeness (QED) is 0.223. The number of amides is 2. The molecule has 0 fully saturated rings. The summed E-state index contributed by atoms with van der Waals surface area (Å²) in [6, 6.07) is 14.5. The lowest BCUT2D eigenvalue weighted by Gasteiger charge is -2.21. The van der Waals surface area contributed by atoms with Crippen LogP contribution in [0.4, 0.5) is 5.69 Å². The van der Waals surface area contributed by atoms with Crippen LogP contribution >= 0.6 is 0 Å². The van der Waals surface area contributed by atoms with Crippen molar-refractivity contribution in [3.8, 4) is 6.07 Å². The summed E-state index contributed by atoms with van der Waals surface area (Å²) in [6.45, 7) is 6.81. The molecular formula is C27H30N4O6S. The molecule has 0 aliphatic rings. The van der Waals surface area contributed by atoms with Gasteiger partial charge in [0, 0.05) is 43.2 Å². The number of rotatable bonds is 11. The average molecular weight is 539 g/mol. The van der Waals surface area contributed by atoms with Crippen molar-refractivity contribution in [2.45, 2.75) is 38.5 Å². The van der Waals surface area contributed by atoms with Crippen LogP contribution < -0.4 is 15.8 Å². The van der Waals surface area contributed by atoms with Gasteiger partial charge in [0.25, 0.3) is 15.9 Å². The van der Waals surface area contributed by atoms with E-state index in [0.29, 0.717) is 15.3 Å². The first-order valence-corrected chi connectivity index (χ1v) is 13.7. The summed E-state index contributed by atoms with van der Waals surface area (Å²) in [6.07, 6.45) is -0.129. The third kappa shape index (κ3) is 6.39. The van der Waals surface area contributed by atoms with Crippen molar-refractivity contribution in [2.75, 3.05) is 31.1 Å². The van der Waals surface area contributed by atoms with Gasteiger partial charge in [0.15, 0.2) is 0 Å². The number of fused-ring (bicyclic) bond motifs is 1. The lowest BCUT2D eigenvalue weighted by molar-refractivity contribution is -0.126. The number of nitriles is 1. The summed E-state index contributed by atoms with van der Waals surface area (Å²) in [5.74, 6) is -1.43. The Morgan fingerprint density at radius 1 is 1.05 bits per heavy atom. The molecule has 0 radical (unpaired) electrons. The molecule has 1 N–H and O–H groups in total. The molecule has 0 aliphatic carbocycles. The first kappa shape index (κ1) is 28.4. The van der Waals surface area contributed by atoms with Crippen LogP contribution in [-0.2, 0) is 14.8 Å². The van der Waals surface area contributed by atoms with E-state index in [1.54, 1.807) is 37.3 Å². The highest BCUT2D eigenvalue weighted by molar-refractivity contribution is 7.89. The molecule has 2 amide bonds. The third-order valence-corrected chi connectivity index (χ3v) is 7.83. The van der Waals surface area contributed by atoms with E-state index in [9.17, 15) is 22.8 Å². The topological polar surface area (TPSA) is 141 Å². The SMILES string of the molecule is CCN(CC)c1ccc2cc(C(=O)NCCCC(=O)N(CC#N)S(=O)(=O)c3ccc(C)cc3)c(=O)oc2c1. The zero-order valence-electron chi connectivity index (χ0n) is 21.6. The molecule has 3 aromatic rings. The van der Waals surface area contributed by atoms with Crippen molar-refractivity contribution < 1.29 is 22.4 Å². The van der Waals surface area contributed by atoms with Gasteiger partial charge in [-0.1, -0.05) is 17.7 Å². The average Bonchev–Trinajstić information content (AvgIpc) is 2.89. The van der Waals surface area contributed by atoms with Crippen LogP contribution in [0.5, 0.6) is 0 Å². The van der Waals surface area contributed by atoms with Crippen molar-refractivity contribution in [3.05, 3.63) is 70.1 Å². The monoisotopic (exact) mass is 538 g/mol. The second kappa shape index (κ2) is 12.4. The highest BCUT2D eigenvalue weighted by Gasteiger charge is 2.28. The molecule has 0 saturated heterocycles. The Morgan fingerprint density at radius 3 is 2.37 bits per heavy atom. The van der Waals surface area contributed by atoms with Crippen molar-refractivity contribution in [1.29, 1.82) is 5.26 Å². The molecule has 0 bridgehead atoms. The van der Waals surface area contributed by atoms with Gasteiger partial charge in [-0.05, 0) is 57.5 Å². The van der Waals surface area contributed by atoms with Crippen LogP contribution in [0.3, 0.4) is 0 Å². The zero-order valence-corrected chi connectivity index (χ0v) is 22.4. The number of benzene rings is 2. The van der Waals surface area contributed by atoms with Gasteiger partial charge in [-0.25, -0.2) is 17.5 Å². The predicted octanol–water partition coefficient (Wildman–Crippen LogP) is 3.20. The lowest BCUT2D eigenvalue weighted by Crippen LogP contribution is -2.37. The van der Waals surface area contributed by atoms with Crippen molar-refractivity contribution in [2.24, 2.45) is 0 Å². The maximum atomic E-state index is 12.9. The minimum absolute atomic E-state index is 0.00786. The van der Waals surface area contributed by atoms with Gasteiger partial charge in [-0.15, -0.1) is 0 Å². The summed E-state index contributed by atoms with van der Waals surface area (Å²) in [7, 11) is -4.20. The van der Waals surface area contributed by atoms with E-state index < -0.39 is 34.0 Å². The first-order chi connectivity index (χ1) is 18.1. The molecule has 0 spiro atoms. The van der Waals surface area contributed by atoms with Gasteiger partial charge in [-0.3, -0.25) is 9.59 Å². The highest BCUT2D eigenvalue weighted by atomic mass is 32.2. The van der Waals surface area contributed by atoms with Crippen LogP contribution in [0.25, 0.3) is 11.0 Å². The zero-order chi connectivity index (χ0) is 27.9. The van der Waals surface area contributed by atoms with Crippen LogP contribution in [0.2, 0.25) is 0 Å². The molecule has 0 atom stereocenters. The number of nitrogens with one attached hydrogen (secondary N) is 1. The first-order valence-electron chi connectivity index (χ1n) is 12.2. The number of hydrogen-bond acceptors (Lipinski definition) is 8. The molecule has 0 saturated carbocycles. The number of anilines is 1. The normalized spacial score (nSPS) is 11.1. The largest absolute Gasteiger partial charge is 0.422 e. The van der Waals surface area contributed by atoms with Gasteiger partial charge in [0.1, 0.15) is 17.7 Å². The Hall–Kier alpha value is -4.17. The Bertz CT molecular complexity index is 1520. The van der Waals surface area contributed by atoms with E-state index >= 15 is 0 Å². The maximum absolute atomic E-state index is 12.9. The molecule has 38 heavy (non-hydrogen) atoms. The minimum Gasteiger partial charge on any atom is -0.422 e. The van der Waals surface area contributed by atoms with E-state index in [-0.39, 0.29) is 29.8 Å². The second-order valence-electron chi connectivity index (χ2n) is 8.58. The fourth-order valence-electron chi connectivity index (χ4n) is 3.91. The van der Waals surface area contributed by atoms with Gasteiger partial charge >= 0.3 is 5.63 Å². The van der Waals surface area contributed by atoms with E-state index in [1.807, 2.05) is 19.9 Å². The highest BCUT2D eigenvalue weighted by Crippen LogP contribution is 2.22. The van der Waals surface area contributed by atoms with Crippen molar-refractivity contribution >= 4 is 38.5 Å². The molecule has 10 nitrogen and oxygen atoms in total. The van der Waals surface area contributed by atoms with Gasteiger partial charge in [-0.2, -0.15) is 5.26 Å². The number of aryl methyl sites for hydroxylation is 1. The number of nitrogens with zero attached hydrogens (tertiary/aromatic N) is 3. The number of hydrogen-bond donors (Lipinski definition) is 1. The van der Waals surface area contributed by atoms with Crippen LogP contribution in [0.1, 0.15) is 42.6 Å². The molecule has 1 heterocycles. The predicted molar refractivity (Wildman–Crippen MR) is 143 cm³/mol. The maximum Gasteiger partial charge on any atom is 0.349 e. The fraction of sp³-hybridized carbons (Fsp3) is 0.333. The smallest absolute Gasteiger partial charge is 0.349 e. The molecule has 2 aromatic carbocycles. The minimum atomic E-state index is -4.20. The molecule has 200 valence electrons. The lowest BCUT2D eigenvalue weighted by atomic mass is 10.1. The van der Waals surface area contributed by atoms with E-state index in [0.717, 1.165) is 24.3 Å². The Morgan fingerprint density at radius 2 is 1.74 bits per heavy atom. The molecule has 3 rings (SSSR count). The van der Waals surface area contributed by atoms with Crippen LogP contribution in [0.15, 0.2) is 62.6 Å². The van der Waals surface area contributed by atoms with E-state index in [2.05, 4.69) is 10.2 Å². The van der Waals surface area contributed by atoms with Gasteiger partial charge in [0.05, 0.1) is 11.0 Å². The summed E-state index contributed by atoms with van der Waals surface area (Å²) in [5, 5.41) is 12.2. The van der Waals surface area contributed by atoms with E-state index in [4.69, 9.17) is 9.68 Å². The molecule has 1 aromatic heterocycles. The Labute approximate surface area is 221 Å². The molecule has 11 heteroatoms. The second-order valence-corrected chi connectivity index (χ2v) is 10.4. The van der Waals surface area contributed by atoms with Crippen LogP contribution in [0, 0.1) is 18.3 Å². The number of carbonyl (C=O) groups is 2. The van der Waals surface area contributed by atoms with Gasteiger partial charge in [0.2, 0.25) is 5.91 Å². The molecule has 0 unspecified atom stereocenters. The third-order valence-electron chi connectivity index (χ3n) is 6.05. The fourth-order valence-corrected chi connectivity index (χ4v) is 5.24.